The molecule has 0 unspecified atom stereocenters. The number of hydrogen-bond acceptors (Lipinski definition) is 2. The van der Waals surface area contributed by atoms with Crippen molar-refractivity contribution in [2.24, 2.45) is 0 Å². The summed E-state index contributed by atoms with van der Waals surface area (Å²) in [7, 11) is 0. The van der Waals surface area contributed by atoms with Crippen molar-refractivity contribution in [1.29, 1.82) is 0 Å². The molecule has 1 aromatic carbocycles. The van der Waals surface area contributed by atoms with Gasteiger partial charge in [-0.3, -0.25) is 0 Å². The fourth-order valence-electron chi connectivity index (χ4n) is 2.37. The van der Waals surface area contributed by atoms with E-state index in [0.29, 0.717) is 11.0 Å². The van der Waals surface area contributed by atoms with Crippen LogP contribution in [0.4, 0.5) is 10.5 Å². The number of carbonyl (C=O) groups is 1. The van der Waals surface area contributed by atoms with Gasteiger partial charge in [0.25, 0.3) is 0 Å². The minimum atomic E-state index is 0.111. The SMILES string of the molecule is CCNC(=O)[N+]1(c2ccccc2)CCNCC1. The number of quaternary nitrogens is 1. The van der Waals surface area contributed by atoms with Crippen LogP contribution in [0.25, 0.3) is 0 Å². The first-order valence-corrected chi connectivity index (χ1v) is 6.21. The van der Waals surface area contributed by atoms with Gasteiger partial charge in [0.05, 0.1) is 0 Å². The monoisotopic (exact) mass is 234 g/mol. The second-order valence-electron chi connectivity index (χ2n) is 4.34. The summed E-state index contributed by atoms with van der Waals surface area (Å²) in [6, 6.07) is 10.2. The molecule has 1 aliphatic rings. The quantitative estimate of drug-likeness (QED) is 0.758. The van der Waals surface area contributed by atoms with Gasteiger partial charge in [0.2, 0.25) is 0 Å². The topological polar surface area (TPSA) is 41.1 Å². The average Bonchev–Trinajstić information content (AvgIpc) is 2.41. The van der Waals surface area contributed by atoms with E-state index in [-0.39, 0.29) is 6.03 Å². The van der Waals surface area contributed by atoms with Gasteiger partial charge in [-0.05, 0) is 19.1 Å². The number of urea groups is 1. The fourth-order valence-corrected chi connectivity index (χ4v) is 2.37. The predicted octanol–water partition coefficient (Wildman–Crippen LogP) is 1.33. The van der Waals surface area contributed by atoms with Gasteiger partial charge in [-0.1, -0.05) is 18.2 Å². The van der Waals surface area contributed by atoms with Crippen molar-refractivity contribution in [3.63, 3.8) is 0 Å². The summed E-state index contributed by atoms with van der Waals surface area (Å²) >= 11 is 0. The van der Waals surface area contributed by atoms with E-state index in [1.165, 1.54) is 0 Å². The van der Waals surface area contributed by atoms with E-state index in [4.69, 9.17) is 0 Å². The molecule has 4 heteroatoms. The summed E-state index contributed by atoms with van der Waals surface area (Å²) < 4.78 is 0.418. The number of nitrogens with zero attached hydrogens (tertiary/aromatic N) is 1. The first kappa shape index (κ1) is 12.1. The molecule has 2 rings (SSSR count). The molecule has 1 heterocycles. The maximum atomic E-state index is 12.4. The lowest BCUT2D eigenvalue weighted by molar-refractivity contribution is 0.191. The van der Waals surface area contributed by atoms with Gasteiger partial charge in [-0.15, -0.1) is 0 Å². The van der Waals surface area contributed by atoms with Crippen LogP contribution in [0.5, 0.6) is 0 Å². The Bertz CT molecular complexity index is 372. The van der Waals surface area contributed by atoms with E-state index in [2.05, 4.69) is 10.6 Å². The van der Waals surface area contributed by atoms with Crippen molar-refractivity contribution in [2.75, 3.05) is 32.7 Å². The molecule has 4 nitrogen and oxygen atoms in total. The molecule has 1 aliphatic heterocycles. The zero-order valence-electron chi connectivity index (χ0n) is 10.3. The largest absolute Gasteiger partial charge is 0.421 e. The molecule has 0 bridgehead atoms. The Balaban J connectivity index is 2.33. The number of carbonyl (C=O) groups excluding carboxylic acids is 1. The normalized spacial score (nSPS) is 18.6. The number of hydrogen-bond donors (Lipinski definition) is 2. The van der Waals surface area contributed by atoms with Crippen molar-refractivity contribution in [1.82, 2.24) is 15.1 Å². The molecule has 0 spiro atoms. The number of nitrogens with one attached hydrogen (secondary N) is 2. The summed E-state index contributed by atoms with van der Waals surface area (Å²) in [5.41, 5.74) is 1.08. The third kappa shape index (κ3) is 2.33. The zero-order chi connectivity index (χ0) is 12.1. The molecule has 92 valence electrons. The molecular formula is C13H20N3O+. The van der Waals surface area contributed by atoms with Crippen LogP contribution < -0.4 is 15.1 Å². The van der Waals surface area contributed by atoms with Gasteiger partial charge in [-0.2, -0.15) is 0 Å². The van der Waals surface area contributed by atoms with Crippen molar-refractivity contribution in [3.05, 3.63) is 30.3 Å². The predicted molar refractivity (Wildman–Crippen MR) is 69.9 cm³/mol. The number of piperazine rings is 1. The van der Waals surface area contributed by atoms with E-state index < -0.39 is 0 Å². The molecule has 0 radical (unpaired) electrons. The molecular weight excluding hydrogens is 214 g/mol. The Morgan fingerprint density at radius 2 is 1.94 bits per heavy atom. The third-order valence-corrected chi connectivity index (χ3v) is 3.31. The highest BCUT2D eigenvalue weighted by Crippen LogP contribution is 2.23. The summed E-state index contributed by atoms with van der Waals surface area (Å²) in [4.78, 5) is 12.4. The van der Waals surface area contributed by atoms with E-state index in [1.54, 1.807) is 0 Å². The molecule has 1 saturated heterocycles. The zero-order valence-corrected chi connectivity index (χ0v) is 10.3. The van der Waals surface area contributed by atoms with Crippen LogP contribution in [-0.4, -0.2) is 38.8 Å². The van der Waals surface area contributed by atoms with Gasteiger partial charge in [-0.25, -0.2) is 9.28 Å². The van der Waals surface area contributed by atoms with Crippen LogP contribution in [-0.2, 0) is 0 Å². The summed E-state index contributed by atoms with van der Waals surface area (Å²) in [5, 5.41) is 6.27. The maximum Gasteiger partial charge on any atom is 0.421 e. The molecule has 17 heavy (non-hydrogen) atoms. The number of benzene rings is 1. The Labute approximate surface area is 102 Å². The standard InChI is InChI=1S/C13H19N3O/c1-2-15-13(17)16(10-8-14-9-11-16)12-6-4-3-5-7-12/h3-7,14H,2,8-11H2,1H3/p+1. The van der Waals surface area contributed by atoms with Gasteiger partial charge >= 0.3 is 6.03 Å². The van der Waals surface area contributed by atoms with Crippen molar-refractivity contribution < 1.29 is 4.79 Å². The van der Waals surface area contributed by atoms with Crippen molar-refractivity contribution >= 4 is 11.7 Å². The molecule has 1 fully saturated rings. The van der Waals surface area contributed by atoms with Crippen LogP contribution in [0.2, 0.25) is 0 Å². The first-order chi connectivity index (χ1) is 8.29. The fraction of sp³-hybridized carbons (Fsp3) is 0.462. The van der Waals surface area contributed by atoms with Gasteiger partial charge < -0.3 is 10.6 Å². The van der Waals surface area contributed by atoms with Gasteiger partial charge in [0.1, 0.15) is 18.8 Å². The Hall–Kier alpha value is -1.39. The van der Waals surface area contributed by atoms with Gasteiger partial charge in [0, 0.05) is 19.6 Å². The molecule has 1 aromatic rings. The number of rotatable bonds is 2. The second kappa shape index (κ2) is 5.29. The van der Waals surface area contributed by atoms with Crippen LogP contribution >= 0.6 is 0 Å². The van der Waals surface area contributed by atoms with E-state index in [0.717, 1.165) is 31.9 Å². The van der Waals surface area contributed by atoms with E-state index in [9.17, 15) is 4.79 Å². The molecule has 0 saturated carbocycles. The Kier molecular flexibility index (Phi) is 3.76. The van der Waals surface area contributed by atoms with Crippen LogP contribution in [0.1, 0.15) is 6.92 Å². The van der Waals surface area contributed by atoms with Crippen LogP contribution in [0.15, 0.2) is 30.3 Å². The molecule has 0 aliphatic carbocycles. The summed E-state index contributed by atoms with van der Waals surface area (Å²) in [6.07, 6.45) is 0. The summed E-state index contributed by atoms with van der Waals surface area (Å²) in [5.74, 6) is 0. The Morgan fingerprint density at radius 1 is 1.29 bits per heavy atom. The lowest BCUT2D eigenvalue weighted by Crippen LogP contribution is -2.66. The number of amides is 2. The highest BCUT2D eigenvalue weighted by molar-refractivity contribution is 5.87. The summed E-state index contributed by atoms with van der Waals surface area (Å²) in [6.45, 7) is 6.03. The van der Waals surface area contributed by atoms with Crippen LogP contribution in [0.3, 0.4) is 0 Å². The number of para-hydroxylation sites is 1. The van der Waals surface area contributed by atoms with Crippen molar-refractivity contribution in [2.45, 2.75) is 6.92 Å². The first-order valence-electron chi connectivity index (χ1n) is 6.21. The lowest BCUT2D eigenvalue weighted by Gasteiger charge is -2.38. The Morgan fingerprint density at radius 3 is 2.53 bits per heavy atom. The van der Waals surface area contributed by atoms with Gasteiger partial charge in [0.15, 0.2) is 0 Å². The van der Waals surface area contributed by atoms with Crippen molar-refractivity contribution in [3.8, 4) is 0 Å². The molecule has 0 atom stereocenters. The third-order valence-electron chi connectivity index (χ3n) is 3.31. The average molecular weight is 234 g/mol. The second-order valence-corrected chi connectivity index (χ2v) is 4.34. The van der Waals surface area contributed by atoms with E-state index in [1.807, 2.05) is 37.3 Å². The minimum Gasteiger partial charge on any atom is -0.306 e. The highest BCUT2D eigenvalue weighted by Gasteiger charge is 2.40. The van der Waals surface area contributed by atoms with E-state index >= 15 is 0 Å². The molecule has 2 amide bonds. The highest BCUT2D eigenvalue weighted by atomic mass is 16.2. The lowest BCUT2D eigenvalue weighted by atomic mass is 10.2. The minimum absolute atomic E-state index is 0.111. The maximum absolute atomic E-state index is 12.4. The molecule has 0 aromatic heterocycles. The van der Waals surface area contributed by atoms with Crippen LogP contribution in [0, 0.1) is 0 Å². The smallest absolute Gasteiger partial charge is 0.306 e. The molecule has 2 N–H and O–H groups in total.